The summed E-state index contributed by atoms with van der Waals surface area (Å²) in [5, 5.41) is 0. The first-order chi connectivity index (χ1) is 7.33. The average Bonchev–Trinajstić information content (AvgIpc) is 2.93. The van der Waals surface area contributed by atoms with Gasteiger partial charge in [-0.15, -0.1) is 0 Å². The summed E-state index contributed by atoms with van der Waals surface area (Å²) in [6.45, 7) is 0. The van der Waals surface area contributed by atoms with E-state index in [1.54, 1.807) is 0 Å². The zero-order chi connectivity index (χ0) is 10.3. The number of aromatic nitrogens is 2. The Morgan fingerprint density at radius 1 is 0.933 bits per heavy atom. The van der Waals surface area contributed by atoms with Crippen LogP contribution < -0.4 is 0 Å². The maximum atomic E-state index is 4.53. The van der Waals surface area contributed by atoms with Gasteiger partial charge in [-0.25, -0.2) is 9.97 Å². The fourth-order valence-corrected chi connectivity index (χ4v) is 2.88. The molecule has 15 heavy (non-hydrogen) atoms. The second-order valence-electron chi connectivity index (χ2n) is 4.74. The van der Waals surface area contributed by atoms with Gasteiger partial charge in [0.15, 0.2) is 4.73 Å². The van der Waals surface area contributed by atoms with Crippen molar-refractivity contribution in [3.05, 3.63) is 22.2 Å². The van der Waals surface area contributed by atoms with Crippen molar-refractivity contribution in [1.82, 2.24) is 9.97 Å². The molecule has 2 saturated carbocycles. The first-order valence-corrected chi connectivity index (χ1v) is 6.66. The Balaban J connectivity index is 1.91. The van der Waals surface area contributed by atoms with E-state index in [0.717, 1.165) is 10.7 Å². The zero-order valence-corrected chi connectivity index (χ0v) is 10.3. The monoisotopic (exact) mass is 266 g/mol. The van der Waals surface area contributed by atoms with E-state index in [-0.39, 0.29) is 0 Å². The molecule has 1 heterocycles. The highest BCUT2D eigenvalue weighted by atomic mass is 79.9. The van der Waals surface area contributed by atoms with Crippen molar-refractivity contribution in [2.75, 3.05) is 0 Å². The van der Waals surface area contributed by atoms with E-state index >= 15 is 0 Å². The largest absolute Gasteiger partial charge is 0.227 e. The van der Waals surface area contributed by atoms with Gasteiger partial charge in [-0.3, -0.25) is 0 Å². The molecule has 0 radical (unpaired) electrons. The number of halogens is 1. The Morgan fingerprint density at radius 2 is 1.47 bits per heavy atom. The molecular weight excluding hydrogens is 252 g/mol. The Bertz CT molecular complexity index is 368. The molecule has 2 aliphatic rings. The van der Waals surface area contributed by atoms with Crippen LogP contribution in [0.2, 0.25) is 0 Å². The third-order valence-electron chi connectivity index (χ3n) is 3.51. The maximum Gasteiger partial charge on any atom is 0.197 e. The van der Waals surface area contributed by atoms with E-state index in [1.165, 1.54) is 49.9 Å². The zero-order valence-electron chi connectivity index (χ0n) is 8.75. The molecule has 0 bridgehead atoms. The summed E-state index contributed by atoms with van der Waals surface area (Å²) in [4.78, 5) is 9.00. The van der Waals surface area contributed by atoms with Gasteiger partial charge in [0, 0.05) is 23.2 Å². The van der Waals surface area contributed by atoms with E-state index in [9.17, 15) is 0 Å². The van der Waals surface area contributed by atoms with Gasteiger partial charge in [-0.05, 0) is 47.7 Å². The molecule has 3 heteroatoms. The summed E-state index contributed by atoms with van der Waals surface area (Å²) in [5.74, 6) is 1.42. The summed E-state index contributed by atoms with van der Waals surface area (Å²) in [5.41, 5.74) is 2.54. The minimum Gasteiger partial charge on any atom is -0.227 e. The highest BCUT2D eigenvalue weighted by Crippen LogP contribution is 2.41. The SMILES string of the molecule is Brc1nc(C2CCCC2)cc(C2CC2)n1. The summed E-state index contributed by atoms with van der Waals surface area (Å²) in [7, 11) is 0. The molecule has 0 saturated heterocycles. The molecular formula is C12H15BrN2. The molecule has 1 aromatic rings. The third kappa shape index (κ3) is 2.07. The molecule has 2 fully saturated rings. The van der Waals surface area contributed by atoms with Crippen molar-refractivity contribution in [3.63, 3.8) is 0 Å². The molecule has 0 aromatic carbocycles. The number of hydrogen-bond acceptors (Lipinski definition) is 2. The molecule has 2 nitrogen and oxygen atoms in total. The van der Waals surface area contributed by atoms with Crippen LogP contribution in [0.1, 0.15) is 61.7 Å². The van der Waals surface area contributed by atoms with Gasteiger partial charge in [-0.2, -0.15) is 0 Å². The van der Waals surface area contributed by atoms with Crippen molar-refractivity contribution in [3.8, 4) is 0 Å². The average molecular weight is 267 g/mol. The molecule has 0 unspecified atom stereocenters. The van der Waals surface area contributed by atoms with Crippen molar-refractivity contribution in [2.45, 2.75) is 50.4 Å². The molecule has 0 aliphatic heterocycles. The third-order valence-corrected chi connectivity index (χ3v) is 3.86. The molecule has 80 valence electrons. The van der Waals surface area contributed by atoms with Crippen LogP contribution in [0.5, 0.6) is 0 Å². The minimum absolute atomic E-state index is 0.696. The minimum atomic E-state index is 0.696. The number of hydrogen-bond donors (Lipinski definition) is 0. The summed E-state index contributed by atoms with van der Waals surface area (Å²) in [6.07, 6.45) is 7.98. The molecule has 1 aromatic heterocycles. The van der Waals surface area contributed by atoms with Crippen molar-refractivity contribution in [1.29, 1.82) is 0 Å². The Morgan fingerprint density at radius 3 is 2.00 bits per heavy atom. The van der Waals surface area contributed by atoms with Gasteiger partial charge in [0.1, 0.15) is 0 Å². The van der Waals surface area contributed by atoms with Crippen LogP contribution in [0.3, 0.4) is 0 Å². The first kappa shape index (κ1) is 9.76. The summed E-state index contributed by atoms with van der Waals surface area (Å²) in [6, 6.07) is 2.25. The van der Waals surface area contributed by atoms with Crippen LogP contribution in [-0.2, 0) is 0 Å². The molecule has 0 N–H and O–H groups in total. The molecule has 3 rings (SSSR count). The molecule has 2 aliphatic carbocycles. The predicted molar refractivity (Wildman–Crippen MR) is 62.9 cm³/mol. The highest BCUT2D eigenvalue weighted by molar-refractivity contribution is 9.10. The maximum absolute atomic E-state index is 4.53. The Hall–Kier alpha value is -0.440. The lowest BCUT2D eigenvalue weighted by Crippen LogP contribution is -2.01. The lowest BCUT2D eigenvalue weighted by Gasteiger charge is -2.10. The smallest absolute Gasteiger partial charge is 0.197 e. The van der Waals surface area contributed by atoms with Crippen LogP contribution in [0.25, 0.3) is 0 Å². The van der Waals surface area contributed by atoms with Crippen LogP contribution in [0.4, 0.5) is 0 Å². The van der Waals surface area contributed by atoms with Crippen molar-refractivity contribution >= 4 is 15.9 Å². The fourth-order valence-electron chi connectivity index (χ4n) is 2.47. The summed E-state index contributed by atoms with van der Waals surface area (Å²) >= 11 is 3.43. The van der Waals surface area contributed by atoms with E-state index in [4.69, 9.17) is 0 Å². The highest BCUT2D eigenvalue weighted by Gasteiger charge is 2.27. The van der Waals surface area contributed by atoms with Gasteiger partial charge < -0.3 is 0 Å². The van der Waals surface area contributed by atoms with Gasteiger partial charge >= 0.3 is 0 Å². The molecule has 0 atom stereocenters. The topological polar surface area (TPSA) is 25.8 Å². The normalized spacial score (nSPS) is 22.2. The lowest BCUT2D eigenvalue weighted by molar-refractivity contribution is 0.686. The van der Waals surface area contributed by atoms with Crippen LogP contribution in [-0.4, -0.2) is 9.97 Å². The second-order valence-corrected chi connectivity index (χ2v) is 5.45. The Labute approximate surface area is 98.6 Å². The number of rotatable bonds is 2. The quantitative estimate of drug-likeness (QED) is 0.762. The second kappa shape index (κ2) is 3.85. The molecule has 0 amide bonds. The lowest BCUT2D eigenvalue weighted by atomic mass is 10.0. The van der Waals surface area contributed by atoms with Crippen molar-refractivity contribution < 1.29 is 0 Å². The predicted octanol–water partition coefficient (Wildman–Crippen LogP) is 3.77. The van der Waals surface area contributed by atoms with Crippen LogP contribution >= 0.6 is 15.9 Å². The summed E-state index contributed by atoms with van der Waals surface area (Å²) < 4.78 is 0.786. The van der Waals surface area contributed by atoms with E-state index in [1.807, 2.05) is 0 Å². The van der Waals surface area contributed by atoms with Gasteiger partial charge in [-0.1, -0.05) is 12.8 Å². The first-order valence-electron chi connectivity index (χ1n) is 5.87. The van der Waals surface area contributed by atoms with Gasteiger partial charge in [0.2, 0.25) is 0 Å². The fraction of sp³-hybridized carbons (Fsp3) is 0.667. The van der Waals surface area contributed by atoms with E-state index < -0.39 is 0 Å². The standard InChI is InChI=1S/C12H15BrN2/c13-12-14-10(8-3-1-2-4-8)7-11(15-12)9-5-6-9/h7-9H,1-6H2. The van der Waals surface area contributed by atoms with E-state index in [2.05, 4.69) is 32.0 Å². The Kier molecular flexibility index (Phi) is 2.51. The van der Waals surface area contributed by atoms with Crippen LogP contribution in [0.15, 0.2) is 10.8 Å². The van der Waals surface area contributed by atoms with Gasteiger partial charge in [0.05, 0.1) is 0 Å². The van der Waals surface area contributed by atoms with Crippen molar-refractivity contribution in [2.24, 2.45) is 0 Å². The van der Waals surface area contributed by atoms with E-state index in [0.29, 0.717) is 5.92 Å². The van der Waals surface area contributed by atoms with Gasteiger partial charge in [0.25, 0.3) is 0 Å². The van der Waals surface area contributed by atoms with Crippen LogP contribution in [0, 0.1) is 0 Å². The number of nitrogens with zero attached hydrogens (tertiary/aromatic N) is 2. The molecule has 0 spiro atoms.